The van der Waals surface area contributed by atoms with E-state index in [9.17, 15) is 4.79 Å². The highest BCUT2D eigenvalue weighted by molar-refractivity contribution is 6.32. The molecule has 15 heavy (non-hydrogen) atoms. The molecule has 0 amide bonds. The third kappa shape index (κ3) is 2.57. The summed E-state index contributed by atoms with van der Waals surface area (Å²) in [4.78, 5) is 13.4. The van der Waals surface area contributed by atoms with Crippen LogP contribution in [0.3, 0.4) is 0 Å². The fourth-order valence-electron chi connectivity index (χ4n) is 1.08. The van der Waals surface area contributed by atoms with Crippen LogP contribution in [-0.4, -0.2) is 13.2 Å². The minimum absolute atomic E-state index is 0.372. The molecule has 1 rings (SSSR count). The van der Waals surface area contributed by atoms with Gasteiger partial charge in [0, 0.05) is 0 Å². The van der Waals surface area contributed by atoms with Crippen LogP contribution in [0.2, 0.25) is 5.02 Å². The number of isocyanates is 1. The summed E-state index contributed by atoms with van der Waals surface area (Å²) in [7, 11) is 1.49. The molecule has 0 saturated heterocycles. The van der Waals surface area contributed by atoms with Gasteiger partial charge in [0.15, 0.2) is 6.04 Å². The molecule has 0 N–H and O–H groups in total. The molecular weight excluding hydrogens is 216 g/mol. The third-order valence-corrected chi connectivity index (χ3v) is 2.09. The molecule has 0 radical (unpaired) electrons. The Kier molecular flexibility index (Phi) is 3.87. The molecule has 0 heterocycles. The molecule has 1 atom stereocenters. The van der Waals surface area contributed by atoms with Gasteiger partial charge in [-0.15, -0.1) is 0 Å². The van der Waals surface area contributed by atoms with Crippen molar-refractivity contribution in [2.75, 3.05) is 7.11 Å². The minimum Gasteiger partial charge on any atom is -0.495 e. The standard InChI is InChI=1S/C10H7ClN2O2/c1-15-10-3-2-7(4-8(10)11)9(5-12)13-6-14/h2-4,9H,1H3. The first kappa shape index (κ1) is 11.3. The van der Waals surface area contributed by atoms with Gasteiger partial charge in [0.2, 0.25) is 6.08 Å². The Morgan fingerprint density at radius 1 is 1.60 bits per heavy atom. The molecule has 0 aromatic heterocycles. The highest BCUT2D eigenvalue weighted by Crippen LogP contribution is 2.28. The summed E-state index contributed by atoms with van der Waals surface area (Å²) in [5.74, 6) is 0.507. The maximum Gasteiger partial charge on any atom is 0.236 e. The zero-order chi connectivity index (χ0) is 11.3. The molecule has 1 aromatic rings. The number of ether oxygens (including phenoxy) is 1. The lowest BCUT2D eigenvalue weighted by Crippen LogP contribution is -1.93. The third-order valence-electron chi connectivity index (χ3n) is 1.80. The summed E-state index contributed by atoms with van der Waals surface area (Å²) in [5.41, 5.74) is 0.534. The Labute approximate surface area is 91.8 Å². The van der Waals surface area contributed by atoms with Gasteiger partial charge in [-0.05, 0) is 17.7 Å². The Balaban J connectivity index is 3.11. The Morgan fingerprint density at radius 2 is 2.33 bits per heavy atom. The van der Waals surface area contributed by atoms with Gasteiger partial charge in [-0.3, -0.25) is 0 Å². The summed E-state index contributed by atoms with van der Waals surface area (Å²) < 4.78 is 4.95. The predicted octanol–water partition coefficient (Wildman–Crippen LogP) is 2.25. The smallest absolute Gasteiger partial charge is 0.236 e. The van der Waals surface area contributed by atoms with E-state index in [0.717, 1.165) is 0 Å². The van der Waals surface area contributed by atoms with Crippen molar-refractivity contribution in [1.29, 1.82) is 5.26 Å². The fourth-order valence-corrected chi connectivity index (χ4v) is 1.35. The summed E-state index contributed by atoms with van der Waals surface area (Å²) in [6.45, 7) is 0. The lowest BCUT2D eigenvalue weighted by atomic mass is 10.1. The van der Waals surface area contributed by atoms with Crippen molar-refractivity contribution in [3.8, 4) is 11.8 Å². The zero-order valence-corrected chi connectivity index (χ0v) is 8.65. The minimum atomic E-state index is -0.870. The average Bonchev–Trinajstić information content (AvgIpc) is 2.25. The van der Waals surface area contributed by atoms with Crippen molar-refractivity contribution < 1.29 is 9.53 Å². The molecule has 0 bridgehead atoms. The number of hydrogen-bond donors (Lipinski definition) is 0. The topological polar surface area (TPSA) is 62.4 Å². The van der Waals surface area contributed by atoms with E-state index in [-0.39, 0.29) is 0 Å². The SMILES string of the molecule is COc1ccc(C(C#N)N=C=O)cc1Cl. The first-order chi connectivity index (χ1) is 7.22. The van der Waals surface area contributed by atoms with Crippen LogP contribution in [0.5, 0.6) is 5.75 Å². The monoisotopic (exact) mass is 222 g/mol. The summed E-state index contributed by atoms with van der Waals surface area (Å²) in [6.07, 6.45) is 1.34. The fraction of sp³-hybridized carbons (Fsp3) is 0.200. The second kappa shape index (κ2) is 5.16. The van der Waals surface area contributed by atoms with E-state index in [0.29, 0.717) is 16.3 Å². The number of rotatable bonds is 3. The number of nitriles is 1. The van der Waals surface area contributed by atoms with E-state index in [4.69, 9.17) is 21.6 Å². The van der Waals surface area contributed by atoms with E-state index in [2.05, 4.69) is 4.99 Å². The van der Waals surface area contributed by atoms with Gasteiger partial charge in [-0.25, -0.2) is 4.79 Å². The molecule has 0 aliphatic carbocycles. The Hall–Kier alpha value is -1.82. The van der Waals surface area contributed by atoms with E-state index in [1.165, 1.54) is 19.3 Å². The van der Waals surface area contributed by atoms with E-state index in [1.807, 2.05) is 6.07 Å². The molecule has 76 valence electrons. The van der Waals surface area contributed by atoms with Crippen molar-refractivity contribution >= 4 is 17.7 Å². The molecule has 0 spiro atoms. The van der Waals surface area contributed by atoms with E-state index < -0.39 is 6.04 Å². The largest absolute Gasteiger partial charge is 0.495 e. The van der Waals surface area contributed by atoms with Gasteiger partial charge in [-0.1, -0.05) is 17.7 Å². The molecule has 5 heteroatoms. The number of nitrogens with zero attached hydrogens (tertiary/aromatic N) is 2. The molecule has 0 aliphatic heterocycles. The molecule has 1 unspecified atom stereocenters. The van der Waals surface area contributed by atoms with Crippen LogP contribution in [0.15, 0.2) is 23.2 Å². The summed E-state index contributed by atoms with van der Waals surface area (Å²) in [6, 6.07) is 5.76. The molecule has 4 nitrogen and oxygen atoms in total. The normalized spacial score (nSPS) is 11.0. The molecular formula is C10H7ClN2O2. The quantitative estimate of drug-likeness (QED) is 0.582. The lowest BCUT2D eigenvalue weighted by Gasteiger charge is -2.06. The van der Waals surface area contributed by atoms with Crippen molar-refractivity contribution in [2.45, 2.75) is 6.04 Å². The average molecular weight is 223 g/mol. The summed E-state index contributed by atoms with van der Waals surface area (Å²) >= 11 is 5.86. The van der Waals surface area contributed by atoms with Gasteiger partial charge in [-0.2, -0.15) is 10.3 Å². The highest BCUT2D eigenvalue weighted by atomic mass is 35.5. The van der Waals surface area contributed by atoms with Gasteiger partial charge < -0.3 is 4.74 Å². The van der Waals surface area contributed by atoms with Crippen LogP contribution in [0.1, 0.15) is 11.6 Å². The highest BCUT2D eigenvalue weighted by Gasteiger charge is 2.10. The predicted molar refractivity (Wildman–Crippen MR) is 54.5 cm³/mol. The van der Waals surface area contributed by atoms with Crippen LogP contribution in [0.4, 0.5) is 0 Å². The number of halogens is 1. The molecule has 0 fully saturated rings. The second-order valence-electron chi connectivity index (χ2n) is 2.65. The van der Waals surface area contributed by atoms with Crippen molar-refractivity contribution in [1.82, 2.24) is 0 Å². The zero-order valence-electron chi connectivity index (χ0n) is 7.90. The number of hydrogen-bond acceptors (Lipinski definition) is 4. The first-order valence-corrected chi connectivity index (χ1v) is 4.40. The van der Waals surface area contributed by atoms with Gasteiger partial charge in [0.25, 0.3) is 0 Å². The van der Waals surface area contributed by atoms with E-state index >= 15 is 0 Å². The number of methoxy groups -OCH3 is 1. The Morgan fingerprint density at radius 3 is 2.80 bits per heavy atom. The van der Waals surface area contributed by atoms with Gasteiger partial charge in [0.1, 0.15) is 5.75 Å². The van der Waals surface area contributed by atoms with Crippen LogP contribution in [-0.2, 0) is 4.79 Å². The van der Waals surface area contributed by atoms with Crippen molar-refractivity contribution in [3.05, 3.63) is 28.8 Å². The molecule has 0 saturated carbocycles. The lowest BCUT2D eigenvalue weighted by molar-refractivity contribution is 0.415. The maximum absolute atomic E-state index is 10.1. The molecule has 1 aromatic carbocycles. The van der Waals surface area contributed by atoms with Gasteiger partial charge in [0.05, 0.1) is 18.2 Å². The van der Waals surface area contributed by atoms with Crippen LogP contribution < -0.4 is 4.74 Å². The van der Waals surface area contributed by atoms with Crippen molar-refractivity contribution in [3.63, 3.8) is 0 Å². The van der Waals surface area contributed by atoms with Crippen molar-refractivity contribution in [2.24, 2.45) is 4.99 Å². The maximum atomic E-state index is 10.1. The number of benzene rings is 1. The number of aliphatic imine (C=N–C) groups is 1. The van der Waals surface area contributed by atoms with Gasteiger partial charge >= 0.3 is 0 Å². The van der Waals surface area contributed by atoms with Crippen LogP contribution in [0, 0.1) is 11.3 Å². The van der Waals surface area contributed by atoms with Crippen LogP contribution >= 0.6 is 11.6 Å². The molecule has 0 aliphatic rings. The summed E-state index contributed by atoms with van der Waals surface area (Å²) in [5, 5.41) is 9.10. The Bertz CT molecular complexity index is 447. The second-order valence-corrected chi connectivity index (χ2v) is 3.05. The van der Waals surface area contributed by atoms with Crippen LogP contribution in [0.25, 0.3) is 0 Å². The van der Waals surface area contributed by atoms with E-state index in [1.54, 1.807) is 12.1 Å². The number of carbonyl (C=O) groups excluding carboxylic acids is 1. The first-order valence-electron chi connectivity index (χ1n) is 4.03.